The molecule has 1 N–H and O–H groups in total. The summed E-state index contributed by atoms with van der Waals surface area (Å²) in [4.78, 5) is 0. The molecular weight excluding hydrogens is 248 g/mol. The summed E-state index contributed by atoms with van der Waals surface area (Å²) in [6.45, 7) is 0.962. The molecule has 0 radical (unpaired) electrons. The SMILES string of the molecule is O[C@@H]1[C@H]2O[C@H]2[C@H]2O[C@@H]1[C@H](COCc1ccccc1)O2. The van der Waals surface area contributed by atoms with Crippen molar-refractivity contribution in [2.45, 2.75) is 43.4 Å². The molecule has 3 saturated heterocycles. The summed E-state index contributed by atoms with van der Waals surface area (Å²) in [6, 6.07) is 9.97. The number of hydrogen-bond acceptors (Lipinski definition) is 5. The molecular formula is C14H16O5. The van der Waals surface area contributed by atoms with Gasteiger partial charge in [-0.2, -0.15) is 0 Å². The van der Waals surface area contributed by atoms with Crippen LogP contribution in [0.15, 0.2) is 30.3 Å². The molecule has 0 spiro atoms. The smallest absolute Gasteiger partial charge is 0.187 e. The van der Waals surface area contributed by atoms with Crippen LogP contribution in [0.2, 0.25) is 0 Å². The molecule has 1 aromatic carbocycles. The highest BCUT2D eigenvalue weighted by molar-refractivity contribution is 5.13. The van der Waals surface area contributed by atoms with Gasteiger partial charge in [-0.25, -0.2) is 0 Å². The number of ether oxygens (including phenoxy) is 4. The van der Waals surface area contributed by atoms with Gasteiger partial charge >= 0.3 is 0 Å². The molecule has 3 fully saturated rings. The van der Waals surface area contributed by atoms with E-state index in [0.29, 0.717) is 13.2 Å². The first-order valence-electron chi connectivity index (χ1n) is 6.59. The summed E-state index contributed by atoms with van der Waals surface area (Å²) in [5.41, 5.74) is 1.12. The Balaban J connectivity index is 1.32. The van der Waals surface area contributed by atoms with Crippen LogP contribution in [0.3, 0.4) is 0 Å². The normalized spacial score (nSPS) is 43.0. The fourth-order valence-corrected chi connectivity index (χ4v) is 2.80. The van der Waals surface area contributed by atoms with E-state index in [2.05, 4.69) is 0 Å². The maximum absolute atomic E-state index is 10.0. The van der Waals surface area contributed by atoms with E-state index in [0.717, 1.165) is 5.56 Å². The molecule has 0 amide bonds. The van der Waals surface area contributed by atoms with Gasteiger partial charge in [0.05, 0.1) is 13.2 Å². The molecule has 3 aliphatic rings. The first kappa shape index (κ1) is 11.8. The van der Waals surface area contributed by atoms with Crippen molar-refractivity contribution in [1.29, 1.82) is 0 Å². The van der Waals surface area contributed by atoms with Crippen molar-refractivity contribution in [2.24, 2.45) is 0 Å². The highest BCUT2D eigenvalue weighted by atomic mass is 16.8. The van der Waals surface area contributed by atoms with Crippen LogP contribution in [-0.4, -0.2) is 48.5 Å². The Labute approximate surface area is 111 Å². The summed E-state index contributed by atoms with van der Waals surface area (Å²) in [5.74, 6) is 0. The van der Waals surface area contributed by atoms with Gasteiger partial charge in [-0.3, -0.25) is 0 Å². The molecule has 3 heterocycles. The zero-order valence-electron chi connectivity index (χ0n) is 10.3. The minimum atomic E-state index is -0.603. The van der Waals surface area contributed by atoms with Gasteiger partial charge in [-0.1, -0.05) is 30.3 Å². The second-order valence-electron chi connectivity index (χ2n) is 5.20. The van der Waals surface area contributed by atoms with E-state index in [1.807, 2.05) is 30.3 Å². The van der Waals surface area contributed by atoms with Crippen LogP contribution in [0.5, 0.6) is 0 Å². The van der Waals surface area contributed by atoms with Crippen LogP contribution in [0.25, 0.3) is 0 Å². The molecule has 102 valence electrons. The number of hydrogen-bond donors (Lipinski definition) is 1. The average Bonchev–Trinajstić information content (AvgIpc) is 3.16. The molecule has 5 nitrogen and oxygen atoms in total. The third-order valence-corrected chi connectivity index (χ3v) is 3.86. The van der Waals surface area contributed by atoms with Crippen LogP contribution in [-0.2, 0) is 25.6 Å². The molecule has 0 unspecified atom stereocenters. The van der Waals surface area contributed by atoms with E-state index in [-0.39, 0.29) is 30.7 Å². The van der Waals surface area contributed by atoms with Crippen LogP contribution in [0.4, 0.5) is 0 Å². The lowest BCUT2D eigenvalue weighted by atomic mass is 10.0. The van der Waals surface area contributed by atoms with E-state index in [9.17, 15) is 5.11 Å². The average molecular weight is 264 g/mol. The predicted molar refractivity (Wildman–Crippen MR) is 64.3 cm³/mol. The number of epoxide rings is 1. The minimum absolute atomic E-state index is 0.0922. The minimum Gasteiger partial charge on any atom is -0.387 e. The fourth-order valence-electron chi connectivity index (χ4n) is 2.80. The van der Waals surface area contributed by atoms with Gasteiger partial charge in [0.15, 0.2) is 6.29 Å². The van der Waals surface area contributed by atoms with Crippen LogP contribution < -0.4 is 0 Å². The summed E-state index contributed by atoms with van der Waals surface area (Å²) >= 11 is 0. The molecule has 2 bridgehead atoms. The Kier molecular flexibility index (Phi) is 2.82. The summed E-state index contributed by atoms with van der Waals surface area (Å²) < 4.78 is 22.3. The maximum atomic E-state index is 10.0. The molecule has 19 heavy (non-hydrogen) atoms. The van der Waals surface area contributed by atoms with E-state index in [1.165, 1.54) is 0 Å². The molecule has 0 aliphatic carbocycles. The molecule has 4 rings (SSSR count). The number of aliphatic hydroxyl groups is 1. The van der Waals surface area contributed by atoms with Gasteiger partial charge in [0.2, 0.25) is 0 Å². The van der Waals surface area contributed by atoms with Crippen LogP contribution in [0.1, 0.15) is 5.56 Å². The highest BCUT2D eigenvalue weighted by Crippen LogP contribution is 2.44. The van der Waals surface area contributed by atoms with E-state index < -0.39 is 6.10 Å². The van der Waals surface area contributed by atoms with Crippen molar-refractivity contribution in [3.05, 3.63) is 35.9 Å². The van der Waals surface area contributed by atoms with E-state index in [1.54, 1.807) is 0 Å². The quantitative estimate of drug-likeness (QED) is 0.800. The number of aliphatic hydroxyl groups excluding tert-OH is 1. The highest BCUT2D eigenvalue weighted by Gasteiger charge is 2.63. The first-order chi connectivity index (χ1) is 9.33. The number of rotatable bonds is 4. The third kappa shape index (κ3) is 2.07. The van der Waals surface area contributed by atoms with Crippen molar-refractivity contribution in [3.63, 3.8) is 0 Å². The van der Waals surface area contributed by atoms with Gasteiger partial charge in [-0.05, 0) is 5.56 Å². The van der Waals surface area contributed by atoms with E-state index in [4.69, 9.17) is 18.9 Å². The summed E-state index contributed by atoms with van der Waals surface area (Å²) in [7, 11) is 0. The lowest BCUT2D eigenvalue weighted by Gasteiger charge is -2.22. The second kappa shape index (κ2) is 4.54. The largest absolute Gasteiger partial charge is 0.387 e. The Bertz CT molecular complexity index is 448. The number of fused-ring (bicyclic) bond motifs is 4. The Hall–Kier alpha value is -0.980. The standard InChI is InChI=1S/C14H16O5/c15-10-11-9(17-14(19-11)13-12(10)18-13)7-16-6-8-4-2-1-3-5-8/h1-5,9-15H,6-7H2/t9-,10-,11+,12+,13+,14+/m0/s1. The lowest BCUT2D eigenvalue weighted by molar-refractivity contribution is -0.106. The van der Waals surface area contributed by atoms with Gasteiger partial charge in [0, 0.05) is 0 Å². The Morgan fingerprint density at radius 2 is 1.84 bits per heavy atom. The third-order valence-electron chi connectivity index (χ3n) is 3.86. The van der Waals surface area contributed by atoms with Crippen molar-refractivity contribution in [1.82, 2.24) is 0 Å². The molecule has 5 heteroatoms. The molecule has 0 aromatic heterocycles. The van der Waals surface area contributed by atoms with Gasteiger partial charge in [-0.15, -0.1) is 0 Å². The molecule has 6 atom stereocenters. The zero-order valence-corrected chi connectivity index (χ0v) is 10.3. The Morgan fingerprint density at radius 3 is 2.68 bits per heavy atom. The fraction of sp³-hybridized carbons (Fsp3) is 0.571. The Morgan fingerprint density at radius 1 is 1.00 bits per heavy atom. The van der Waals surface area contributed by atoms with Crippen molar-refractivity contribution in [2.75, 3.05) is 6.61 Å². The van der Waals surface area contributed by atoms with E-state index >= 15 is 0 Å². The maximum Gasteiger partial charge on any atom is 0.187 e. The van der Waals surface area contributed by atoms with Gasteiger partial charge in [0.25, 0.3) is 0 Å². The van der Waals surface area contributed by atoms with Crippen molar-refractivity contribution in [3.8, 4) is 0 Å². The van der Waals surface area contributed by atoms with Crippen LogP contribution >= 0.6 is 0 Å². The molecule has 1 aromatic rings. The topological polar surface area (TPSA) is 60.5 Å². The first-order valence-corrected chi connectivity index (χ1v) is 6.59. The van der Waals surface area contributed by atoms with Gasteiger partial charge < -0.3 is 24.1 Å². The van der Waals surface area contributed by atoms with Crippen molar-refractivity contribution >= 4 is 0 Å². The second-order valence-corrected chi connectivity index (χ2v) is 5.20. The predicted octanol–water partition coefficient (Wildman–Crippen LogP) is 0.455. The van der Waals surface area contributed by atoms with Gasteiger partial charge in [0.1, 0.15) is 30.5 Å². The molecule has 3 aliphatic heterocycles. The monoisotopic (exact) mass is 264 g/mol. The summed E-state index contributed by atoms with van der Waals surface area (Å²) in [6.07, 6.45) is -1.67. The number of benzene rings is 1. The zero-order chi connectivity index (χ0) is 12.8. The van der Waals surface area contributed by atoms with Crippen molar-refractivity contribution < 1.29 is 24.1 Å². The van der Waals surface area contributed by atoms with Crippen LogP contribution in [0, 0.1) is 0 Å². The summed E-state index contributed by atoms with van der Waals surface area (Å²) in [5, 5.41) is 10.0. The molecule has 0 saturated carbocycles. The lowest BCUT2D eigenvalue weighted by Crippen LogP contribution is -2.43.